The number of imide groups is 1. The summed E-state index contributed by atoms with van der Waals surface area (Å²) < 4.78 is 36.5. The van der Waals surface area contributed by atoms with Gasteiger partial charge in [-0.2, -0.15) is 0 Å². The van der Waals surface area contributed by atoms with Crippen LogP contribution in [0.15, 0.2) is 34.9 Å². The monoisotopic (exact) mass is 514 g/mol. The van der Waals surface area contributed by atoms with Crippen molar-refractivity contribution in [2.75, 3.05) is 39.5 Å². The standard InChI is InChI=1S/C25H30N4O6S/c1-28(17-9-11-29(12-10-17)36(2,32)33)13-14-34-18-4-5-19-16(15-18)3-7-21-23(19)24(27-35-21)20-6-8-22(30)26-25(20)31/h3-5,7,15,17,20H,6,8-14H2,1-2H3,(H,26,30,31)/t20-/m1/s1. The fourth-order valence-corrected chi connectivity index (χ4v) is 6.03. The third-order valence-corrected chi connectivity index (χ3v) is 8.55. The lowest BCUT2D eigenvalue weighted by Crippen LogP contribution is -2.46. The van der Waals surface area contributed by atoms with E-state index in [1.807, 2.05) is 37.4 Å². The van der Waals surface area contributed by atoms with Crippen LogP contribution in [0.1, 0.15) is 37.3 Å². The SMILES string of the molecule is CN(CCOc1ccc2c(ccc3onc([C@H]4CCC(=O)NC4=O)c32)c1)C1CCN(S(C)(=O)=O)CC1. The van der Waals surface area contributed by atoms with Crippen LogP contribution in [0.4, 0.5) is 0 Å². The number of rotatable bonds is 7. The van der Waals surface area contributed by atoms with Gasteiger partial charge in [0.15, 0.2) is 5.58 Å². The number of nitrogens with zero attached hydrogens (tertiary/aromatic N) is 3. The highest BCUT2D eigenvalue weighted by Gasteiger charge is 2.32. The average molecular weight is 515 g/mol. The molecule has 36 heavy (non-hydrogen) atoms. The molecule has 0 aliphatic carbocycles. The number of fused-ring (bicyclic) bond motifs is 3. The van der Waals surface area contributed by atoms with Crippen molar-refractivity contribution >= 4 is 43.6 Å². The molecule has 1 N–H and O–H groups in total. The highest BCUT2D eigenvalue weighted by molar-refractivity contribution is 7.88. The maximum atomic E-state index is 12.4. The van der Waals surface area contributed by atoms with Gasteiger partial charge in [0, 0.05) is 32.1 Å². The third kappa shape index (κ3) is 4.95. The van der Waals surface area contributed by atoms with Gasteiger partial charge in [0.05, 0.1) is 17.6 Å². The predicted octanol–water partition coefficient (Wildman–Crippen LogP) is 2.24. The number of carbonyl (C=O) groups excluding carboxylic acids is 2. The van der Waals surface area contributed by atoms with Gasteiger partial charge in [0.1, 0.15) is 18.1 Å². The molecular weight excluding hydrogens is 484 g/mol. The maximum Gasteiger partial charge on any atom is 0.235 e. The van der Waals surface area contributed by atoms with E-state index >= 15 is 0 Å². The largest absolute Gasteiger partial charge is 0.492 e. The van der Waals surface area contributed by atoms with Crippen molar-refractivity contribution in [1.82, 2.24) is 19.7 Å². The van der Waals surface area contributed by atoms with E-state index in [0.29, 0.717) is 43.4 Å². The van der Waals surface area contributed by atoms with Crippen LogP contribution in [0.2, 0.25) is 0 Å². The van der Waals surface area contributed by atoms with E-state index in [1.54, 1.807) is 4.31 Å². The number of nitrogens with one attached hydrogen (secondary N) is 1. The number of sulfonamides is 1. The Kier molecular flexibility index (Phi) is 6.71. The summed E-state index contributed by atoms with van der Waals surface area (Å²) in [5, 5.41) is 9.21. The molecule has 0 saturated carbocycles. The van der Waals surface area contributed by atoms with Crippen LogP contribution in [-0.4, -0.2) is 80.2 Å². The van der Waals surface area contributed by atoms with Gasteiger partial charge >= 0.3 is 0 Å². The molecule has 2 fully saturated rings. The number of benzene rings is 2. The number of likely N-dealkylation sites (N-methyl/N-ethyl adjacent to an activating group) is 1. The first-order valence-corrected chi connectivity index (χ1v) is 14.0. The fourth-order valence-electron chi connectivity index (χ4n) is 5.16. The molecule has 10 nitrogen and oxygen atoms in total. The van der Waals surface area contributed by atoms with Crippen molar-refractivity contribution in [2.24, 2.45) is 0 Å². The number of amides is 2. The molecule has 1 aromatic heterocycles. The molecule has 0 spiro atoms. The van der Waals surface area contributed by atoms with E-state index in [0.717, 1.165) is 41.3 Å². The molecule has 2 aliphatic rings. The molecule has 2 aliphatic heterocycles. The summed E-state index contributed by atoms with van der Waals surface area (Å²) in [4.78, 5) is 26.2. The first kappa shape index (κ1) is 24.7. The zero-order chi connectivity index (χ0) is 25.4. The molecule has 11 heteroatoms. The van der Waals surface area contributed by atoms with Crippen molar-refractivity contribution in [1.29, 1.82) is 0 Å². The lowest BCUT2D eigenvalue weighted by molar-refractivity contribution is -0.134. The first-order valence-electron chi connectivity index (χ1n) is 12.1. The Labute approximate surface area is 209 Å². The van der Waals surface area contributed by atoms with Crippen LogP contribution in [0, 0.1) is 0 Å². The molecule has 1 atom stereocenters. The van der Waals surface area contributed by atoms with Gasteiger partial charge < -0.3 is 9.26 Å². The van der Waals surface area contributed by atoms with E-state index in [4.69, 9.17) is 9.26 Å². The molecule has 2 amide bonds. The average Bonchev–Trinajstić information content (AvgIpc) is 3.28. The van der Waals surface area contributed by atoms with E-state index < -0.39 is 15.9 Å². The maximum absolute atomic E-state index is 12.4. The van der Waals surface area contributed by atoms with Crippen LogP contribution in [0.5, 0.6) is 5.75 Å². The van der Waals surface area contributed by atoms with Crippen LogP contribution in [0.3, 0.4) is 0 Å². The molecule has 3 aromatic rings. The molecule has 2 saturated heterocycles. The smallest absolute Gasteiger partial charge is 0.235 e. The molecule has 0 bridgehead atoms. The van der Waals surface area contributed by atoms with Crippen LogP contribution in [0.25, 0.3) is 21.7 Å². The van der Waals surface area contributed by atoms with Crippen LogP contribution in [-0.2, 0) is 19.6 Å². The second-order valence-corrected chi connectivity index (χ2v) is 11.6. The molecule has 192 valence electrons. The Morgan fingerprint density at radius 1 is 1.17 bits per heavy atom. The quantitative estimate of drug-likeness (QED) is 0.477. The van der Waals surface area contributed by atoms with E-state index in [-0.39, 0.29) is 18.2 Å². The normalized spacial score (nSPS) is 20.4. The molecule has 3 heterocycles. The topological polar surface area (TPSA) is 122 Å². The predicted molar refractivity (Wildman–Crippen MR) is 134 cm³/mol. The second kappa shape index (κ2) is 9.79. The van der Waals surface area contributed by atoms with Crippen molar-refractivity contribution in [3.63, 3.8) is 0 Å². The Morgan fingerprint density at radius 3 is 2.67 bits per heavy atom. The van der Waals surface area contributed by atoms with Crippen LogP contribution >= 0.6 is 0 Å². The van der Waals surface area contributed by atoms with Crippen molar-refractivity contribution < 1.29 is 27.3 Å². The first-order chi connectivity index (χ1) is 17.2. The Balaban J connectivity index is 1.25. The van der Waals surface area contributed by atoms with E-state index in [9.17, 15) is 18.0 Å². The Hall–Kier alpha value is -3.02. The number of aromatic nitrogens is 1. The molecule has 5 rings (SSSR count). The van der Waals surface area contributed by atoms with Gasteiger partial charge in [-0.1, -0.05) is 11.2 Å². The van der Waals surface area contributed by atoms with Gasteiger partial charge in [-0.15, -0.1) is 0 Å². The van der Waals surface area contributed by atoms with Crippen molar-refractivity contribution in [2.45, 2.75) is 37.6 Å². The summed E-state index contributed by atoms with van der Waals surface area (Å²) in [6.45, 7) is 2.34. The fraction of sp³-hybridized carbons (Fsp3) is 0.480. The summed E-state index contributed by atoms with van der Waals surface area (Å²) in [5.74, 6) is -0.392. The minimum Gasteiger partial charge on any atom is -0.492 e. The van der Waals surface area contributed by atoms with Crippen molar-refractivity contribution in [3.05, 3.63) is 36.0 Å². The van der Waals surface area contributed by atoms with Crippen molar-refractivity contribution in [3.8, 4) is 5.75 Å². The zero-order valence-corrected chi connectivity index (χ0v) is 21.2. The zero-order valence-electron chi connectivity index (χ0n) is 20.4. The Morgan fingerprint density at radius 2 is 1.94 bits per heavy atom. The lowest BCUT2D eigenvalue weighted by Gasteiger charge is -2.35. The second-order valence-electron chi connectivity index (χ2n) is 9.62. The van der Waals surface area contributed by atoms with Gasteiger partial charge in [-0.25, -0.2) is 12.7 Å². The highest BCUT2D eigenvalue weighted by atomic mass is 32.2. The number of piperidine rings is 2. The number of ether oxygens (including phenoxy) is 1. The third-order valence-electron chi connectivity index (χ3n) is 7.25. The Bertz CT molecular complexity index is 1410. The molecule has 2 aromatic carbocycles. The number of carbonyl (C=O) groups is 2. The molecular formula is C25H30N4O6S. The summed E-state index contributed by atoms with van der Waals surface area (Å²) >= 11 is 0. The summed E-state index contributed by atoms with van der Waals surface area (Å²) in [7, 11) is -1.08. The highest BCUT2D eigenvalue weighted by Crippen LogP contribution is 2.36. The van der Waals surface area contributed by atoms with Gasteiger partial charge in [0.25, 0.3) is 0 Å². The number of hydrogen-bond acceptors (Lipinski definition) is 8. The summed E-state index contributed by atoms with van der Waals surface area (Å²) in [6, 6.07) is 9.90. The minimum atomic E-state index is -3.12. The van der Waals surface area contributed by atoms with Crippen LogP contribution < -0.4 is 10.1 Å². The van der Waals surface area contributed by atoms with Gasteiger partial charge in [-0.3, -0.25) is 19.8 Å². The molecule has 0 unspecified atom stereocenters. The minimum absolute atomic E-state index is 0.263. The van der Waals surface area contributed by atoms with E-state index in [1.165, 1.54) is 6.26 Å². The summed E-state index contributed by atoms with van der Waals surface area (Å²) in [6.07, 6.45) is 3.56. The van der Waals surface area contributed by atoms with E-state index in [2.05, 4.69) is 15.4 Å². The lowest BCUT2D eigenvalue weighted by atomic mass is 9.91. The van der Waals surface area contributed by atoms with Gasteiger partial charge in [-0.05, 0) is 61.3 Å². The molecule has 0 radical (unpaired) electrons. The van der Waals surface area contributed by atoms with Gasteiger partial charge in [0.2, 0.25) is 21.8 Å². The number of hydrogen-bond donors (Lipinski definition) is 1. The summed E-state index contributed by atoms with van der Waals surface area (Å²) in [5.41, 5.74) is 1.15.